The lowest BCUT2D eigenvalue weighted by atomic mass is 9.80. The highest BCUT2D eigenvalue weighted by Gasteiger charge is 2.32. The Kier molecular flexibility index (Phi) is 4.14. The first-order chi connectivity index (χ1) is 14.0. The minimum Gasteiger partial charge on any atom is -0.438 e. The van der Waals surface area contributed by atoms with Crippen molar-refractivity contribution in [3.8, 4) is 11.3 Å². The van der Waals surface area contributed by atoms with E-state index in [0.717, 1.165) is 5.56 Å². The Morgan fingerprint density at radius 2 is 1.86 bits per heavy atom. The van der Waals surface area contributed by atoms with E-state index >= 15 is 0 Å². The molecule has 0 aliphatic heterocycles. The molecule has 5 rings (SSSR count). The summed E-state index contributed by atoms with van der Waals surface area (Å²) in [5.41, 5.74) is 9.24. The van der Waals surface area contributed by atoms with Crippen LogP contribution in [0.25, 0.3) is 22.4 Å². The van der Waals surface area contributed by atoms with Gasteiger partial charge in [0.25, 0.3) is 0 Å². The van der Waals surface area contributed by atoms with Gasteiger partial charge in [-0.3, -0.25) is 4.79 Å². The van der Waals surface area contributed by atoms with Crippen LogP contribution in [0.4, 0.5) is 10.1 Å². The molecule has 2 N–H and O–H groups in total. The standard InChI is InChI=1S/C23H16ClFN2O2/c24-16-7-3-1-6-14(16)20-11-15-22(26)21-18(27-23(15)29-20)9-12(10-19(21)28)13-5-2-4-8-17(13)25/h1-8,11-12H,9-10H2,(H2,26,27)/t12-/m1/s1. The smallest absolute Gasteiger partial charge is 0.229 e. The fourth-order valence-electron chi connectivity index (χ4n) is 4.04. The van der Waals surface area contributed by atoms with Gasteiger partial charge in [0.05, 0.1) is 27.4 Å². The summed E-state index contributed by atoms with van der Waals surface area (Å²) in [6.07, 6.45) is 0.616. The van der Waals surface area contributed by atoms with Gasteiger partial charge < -0.3 is 10.2 Å². The summed E-state index contributed by atoms with van der Waals surface area (Å²) < 4.78 is 20.2. The van der Waals surface area contributed by atoms with Crippen LogP contribution in [0.15, 0.2) is 59.0 Å². The summed E-state index contributed by atoms with van der Waals surface area (Å²) in [5.74, 6) is -0.197. The van der Waals surface area contributed by atoms with Crippen LogP contribution >= 0.6 is 11.6 Å². The van der Waals surface area contributed by atoms with Gasteiger partial charge in [-0.05, 0) is 42.2 Å². The van der Waals surface area contributed by atoms with E-state index in [-0.39, 0.29) is 23.9 Å². The van der Waals surface area contributed by atoms with Gasteiger partial charge >= 0.3 is 0 Å². The first-order valence-corrected chi connectivity index (χ1v) is 9.65. The predicted octanol–water partition coefficient (Wildman–Crippen LogP) is 5.78. The number of benzene rings is 2. The lowest BCUT2D eigenvalue weighted by molar-refractivity contribution is 0.0964. The summed E-state index contributed by atoms with van der Waals surface area (Å²) in [4.78, 5) is 17.5. The van der Waals surface area contributed by atoms with Crippen molar-refractivity contribution in [3.63, 3.8) is 0 Å². The number of pyridine rings is 1. The highest BCUT2D eigenvalue weighted by atomic mass is 35.5. The summed E-state index contributed by atoms with van der Waals surface area (Å²) in [5, 5.41) is 1.13. The SMILES string of the molecule is Nc1c2c(nc3oc(-c4ccccc4Cl)cc13)C[C@@H](c1ccccc1F)CC2=O. The second-order valence-electron chi connectivity index (χ2n) is 7.21. The van der Waals surface area contributed by atoms with Gasteiger partial charge in [-0.2, -0.15) is 0 Å². The van der Waals surface area contributed by atoms with Crippen LogP contribution in [0.1, 0.15) is 34.0 Å². The molecule has 0 amide bonds. The summed E-state index contributed by atoms with van der Waals surface area (Å²) in [7, 11) is 0. The Hall–Kier alpha value is -3.18. The molecule has 0 unspecified atom stereocenters. The third-order valence-electron chi connectivity index (χ3n) is 5.43. The highest BCUT2D eigenvalue weighted by Crippen LogP contribution is 2.40. The maximum Gasteiger partial charge on any atom is 0.229 e. The zero-order chi connectivity index (χ0) is 20.1. The van der Waals surface area contributed by atoms with Crippen molar-refractivity contribution in [1.29, 1.82) is 0 Å². The van der Waals surface area contributed by atoms with Crippen molar-refractivity contribution >= 4 is 34.2 Å². The summed E-state index contributed by atoms with van der Waals surface area (Å²) in [6, 6.07) is 15.6. The van der Waals surface area contributed by atoms with E-state index in [0.29, 0.717) is 50.8 Å². The summed E-state index contributed by atoms with van der Waals surface area (Å²) in [6.45, 7) is 0. The van der Waals surface area contributed by atoms with Crippen LogP contribution in [-0.2, 0) is 6.42 Å². The fraction of sp³-hybridized carbons (Fsp3) is 0.130. The molecular weight excluding hydrogens is 391 g/mol. The molecular formula is C23H16ClFN2O2. The molecule has 0 saturated heterocycles. The molecule has 29 heavy (non-hydrogen) atoms. The number of fused-ring (bicyclic) bond motifs is 2. The molecule has 1 atom stereocenters. The number of Topliss-reactive ketones (excluding diaryl/α,β-unsaturated/α-hetero) is 1. The van der Waals surface area contributed by atoms with Gasteiger partial charge in [-0.15, -0.1) is 0 Å². The van der Waals surface area contributed by atoms with E-state index in [1.165, 1.54) is 6.07 Å². The number of ketones is 1. The second kappa shape index (κ2) is 6.71. The predicted molar refractivity (Wildman–Crippen MR) is 111 cm³/mol. The minimum absolute atomic E-state index is 0.133. The lowest BCUT2D eigenvalue weighted by Crippen LogP contribution is -2.22. The Morgan fingerprint density at radius 1 is 1.10 bits per heavy atom. The number of anilines is 1. The van der Waals surface area contributed by atoms with Crippen molar-refractivity contribution in [3.05, 3.63) is 82.3 Å². The molecule has 1 aliphatic carbocycles. The third-order valence-corrected chi connectivity index (χ3v) is 5.76. The Labute approximate surface area is 171 Å². The number of hydrogen-bond donors (Lipinski definition) is 1. The molecule has 0 radical (unpaired) electrons. The van der Waals surface area contributed by atoms with E-state index in [1.807, 2.05) is 18.2 Å². The van der Waals surface area contributed by atoms with Crippen molar-refractivity contribution in [2.24, 2.45) is 0 Å². The van der Waals surface area contributed by atoms with Crippen molar-refractivity contribution in [1.82, 2.24) is 4.98 Å². The molecule has 0 saturated carbocycles. The number of nitrogens with zero attached hydrogens (tertiary/aromatic N) is 1. The first-order valence-electron chi connectivity index (χ1n) is 9.27. The first kappa shape index (κ1) is 17.9. The van der Waals surface area contributed by atoms with Gasteiger partial charge in [-0.25, -0.2) is 9.37 Å². The Bertz CT molecular complexity index is 1280. The van der Waals surface area contributed by atoms with Crippen molar-refractivity contribution in [2.75, 3.05) is 5.73 Å². The van der Waals surface area contributed by atoms with E-state index in [2.05, 4.69) is 4.98 Å². The van der Waals surface area contributed by atoms with Crippen LogP contribution in [0.2, 0.25) is 5.02 Å². The van der Waals surface area contributed by atoms with Crippen LogP contribution in [0.3, 0.4) is 0 Å². The number of rotatable bonds is 2. The minimum atomic E-state index is -0.318. The molecule has 0 fully saturated rings. The zero-order valence-corrected chi connectivity index (χ0v) is 16.0. The van der Waals surface area contributed by atoms with Gasteiger partial charge in [0.2, 0.25) is 5.71 Å². The molecule has 0 spiro atoms. The number of aromatic nitrogens is 1. The average molecular weight is 407 g/mol. The number of furan rings is 1. The highest BCUT2D eigenvalue weighted by molar-refractivity contribution is 6.33. The van der Waals surface area contributed by atoms with Crippen LogP contribution in [0, 0.1) is 5.82 Å². The molecule has 2 heterocycles. The molecule has 4 aromatic rings. The quantitative estimate of drug-likeness (QED) is 0.458. The van der Waals surface area contributed by atoms with Gasteiger partial charge in [0.1, 0.15) is 11.6 Å². The number of nitrogen functional groups attached to an aromatic ring is 1. The number of halogens is 2. The van der Waals surface area contributed by atoms with E-state index < -0.39 is 0 Å². The van der Waals surface area contributed by atoms with E-state index in [9.17, 15) is 9.18 Å². The largest absolute Gasteiger partial charge is 0.438 e. The number of nitrogens with two attached hydrogens (primary N) is 1. The molecule has 4 nitrogen and oxygen atoms in total. The van der Waals surface area contributed by atoms with Crippen LogP contribution in [0.5, 0.6) is 0 Å². The molecule has 2 aromatic heterocycles. The van der Waals surface area contributed by atoms with E-state index in [1.54, 1.807) is 30.3 Å². The van der Waals surface area contributed by atoms with Crippen molar-refractivity contribution < 1.29 is 13.6 Å². The van der Waals surface area contributed by atoms with Crippen LogP contribution < -0.4 is 5.73 Å². The number of carbonyl (C=O) groups excluding carboxylic acids is 1. The third kappa shape index (κ3) is 2.89. The number of hydrogen-bond acceptors (Lipinski definition) is 4. The van der Waals surface area contributed by atoms with Crippen molar-refractivity contribution in [2.45, 2.75) is 18.8 Å². The zero-order valence-electron chi connectivity index (χ0n) is 15.3. The normalized spacial score (nSPS) is 16.2. The molecule has 6 heteroatoms. The fourth-order valence-corrected chi connectivity index (χ4v) is 4.27. The molecule has 2 aromatic carbocycles. The molecule has 1 aliphatic rings. The lowest BCUT2D eigenvalue weighted by Gasteiger charge is -2.24. The monoisotopic (exact) mass is 406 g/mol. The van der Waals surface area contributed by atoms with Gasteiger partial charge in [-0.1, -0.05) is 41.9 Å². The second-order valence-corrected chi connectivity index (χ2v) is 7.61. The molecule has 0 bridgehead atoms. The maximum absolute atomic E-state index is 14.3. The van der Waals surface area contributed by atoms with Gasteiger partial charge in [0, 0.05) is 12.0 Å². The Balaban J connectivity index is 1.63. The topological polar surface area (TPSA) is 69.1 Å². The Morgan fingerprint density at radius 3 is 2.66 bits per heavy atom. The number of carbonyl (C=O) groups is 1. The average Bonchev–Trinajstić information content (AvgIpc) is 3.12. The maximum atomic E-state index is 14.3. The summed E-state index contributed by atoms with van der Waals surface area (Å²) >= 11 is 6.28. The molecule has 144 valence electrons. The van der Waals surface area contributed by atoms with Gasteiger partial charge in [0.15, 0.2) is 5.78 Å². The van der Waals surface area contributed by atoms with Crippen LogP contribution in [-0.4, -0.2) is 10.8 Å². The van der Waals surface area contributed by atoms with E-state index in [4.69, 9.17) is 21.8 Å².